The lowest BCUT2D eigenvalue weighted by molar-refractivity contribution is 0.146. The highest BCUT2D eigenvalue weighted by atomic mass is 16.5. The Morgan fingerprint density at radius 2 is 2.06 bits per heavy atom. The molecule has 0 aromatic rings. The molecule has 4 N–H and O–H groups in total. The van der Waals surface area contributed by atoms with Crippen molar-refractivity contribution in [2.45, 2.75) is 26.2 Å². The molecule has 0 saturated heterocycles. The first-order valence-electron chi connectivity index (χ1n) is 6.68. The Morgan fingerprint density at radius 3 is 2.67 bits per heavy atom. The lowest BCUT2D eigenvalue weighted by atomic mass is 10.3. The number of nitrogens with zero attached hydrogens (tertiary/aromatic N) is 2. The molecule has 6 heteroatoms. The van der Waals surface area contributed by atoms with E-state index < -0.39 is 0 Å². The van der Waals surface area contributed by atoms with E-state index in [-0.39, 0.29) is 0 Å². The van der Waals surface area contributed by atoms with Crippen molar-refractivity contribution in [3.63, 3.8) is 0 Å². The van der Waals surface area contributed by atoms with Gasteiger partial charge in [-0.1, -0.05) is 0 Å². The van der Waals surface area contributed by atoms with Crippen molar-refractivity contribution < 1.29 is 4.74 Å². The molecule has 0 aliphatic carbocycles. The van der Waals surface area contributed by atoms with Crippen LogP contribution in [-0.2, 0) is 4.74 Å². The third-order valence-electron chi connectivity index (χ3n) is 2.38. The zero-order valence-corrected chi connectivity index (χ0v) is 12.0. The third-order valence-corrected chi connectivity index (χ3v) is 2.38. The van der Waals surface area contributed by atoms with Crippen molar-refractivity contribution in [3.8, 4) is 0 Å². The zero-order valence-electron chi connectivity index (χ0n) is 12.0. The molecule has 0 spiro atoms. The summed E-state index contributed by atoms with van der Waals surface area (Å²) in [5.41, 5.74) is 2.58. The van der Waals surface area contributed by atoms with Crippen molar-refractivity contribution in [2.24, 2.45) is 10.8 Å². The molecule has 0 aromatic heterocycles. The average Bonchev–Trinajstić information content (AvgIpc) is 2.35. The standard InChI is InChI=1S/C12H29N5O/c1-4-18-11-7-9-15-12(16-13)14-8-5-6-10-17(2)3/h4-11,13H2,1-3H3,(H2,14,15,16). The number of nitrogens with one attached hydrogen (secondary N) is 2. The SMILES string of the molecule is CCOCCCN=C(NN)NCCCCN(C)C. The average molecular weight is 259 g/mol. The molecular formula is C12H29N5O. The molecule has 0 aliphatic heterocycles. The van der Waals surface area contributed by atoms with Crippen LogP contribution in [0, 0.1) is 0 Å². The molecule has 0 rings (SSSR count). The van der Waals surface area contributed by atoms with Crippen molar-refractivity contribution in [3.05, 3.63) is 0 Å². The molecule has 0 radical (unpaired) electrons. The van der Waals surface area contributed by atoms with Gasteiger partial charge in [-0.05, 0) is 46.8 Å². The van der Waals surface area contributed by atoms with E-state index >= 15 is 0 Å². The molecule has 0 heterocycles. The Morgan fingerprint density at radius 1 is 1.28 bits per heavy atom. The smallest absolute Gasteiger partial charge is 0.205 e. The number of aliphatic imine (C=N–C) groups is 1. The van der Waals surface area contributed by atoms with E-state index in [1.165, 1.54) is 6.42 Å². The third kappa shape index (κ3) is 11.6. The van der Waals surface area contributed by atoms with Crippen LogP contribution in [0.15, 0.2) is 4.99 Å². The Bertz CT molecular complexity index is 209. The van der Waals surface area contributed by atoms with Gasteiger partial charge in [0.2, 0.25) is 5.96 Å². The first kappa shape index (κ1) is 17.2. The summed E-state index contributed by atoms with van der Waals surface area (Å²) >= 11 is 0. The zero-order chi connectivity index (χ0) is 13.6. The predicted molar refractivity (Wildman–Crippen MR) is 76.5 cm³/mol. The van der Waals surface area contributed by atoms with Crippen molar-refractivity contribution in [1.29, 1.82) is 0 Å². The second kappa shape index (κ2) is 12.6. The van der Waals surface area contributed by atoms with Crippen LogP contribution in [0.25, 0.3) is 0 Å². The molecule has 0 aromatic carbocycles. The molecule has 6 nitrogen and oxygen atoms in total. The monoisotopic (exact) mass is 259 g/mol. The predicted octanol–water partition coefficient (Wildman–Crippen LogP) is 0.164. The van der Waals surface area contributed by atoms with Gasteiger partial charge in [-0.3, -0.25) is 10.4 Å². The first-order chi connectivity index (χ1) is 8.70. The minimum absolute atomic E-state index is 0.663. The molecule has 0 atom stereocenters. The number of guanidine groups is 1. The number of ether oxygens (including phenoxy) is 1. The highest BCUT2D eigenvalue weighted by Crippen LogP contribution is 1.89. The summed E-state index contributed by atoms with van der Waals surface area (Å²) < 4.78 is 5.24. The Labute approximate surface area is 111 Å². The number of hydrogen-bond donors (Lipinski definition) is 3. The van der Waals surface area contributed by atoms with Crippen molar-refractivity contribution in [2.75, 3.05) is 46.9 Å². The Balaban J connectivity index is 3.53. The second-order valence-corrected chi connectivity index (χ2v) is 4.36. The van der Waals surface area contributed by atoms with E-state index in [1.807, 2.05) is 6.92 Å². The largest absolute Gasteiger partial charge is 0.382 e. The number of hydrazine groups is 1. The molecule has 0 fully saturated rings. The number of rotatable bonds is 10. The van der Waals surface area contributed by atoms with Gasteiger partial charge in [0.1, 0.15) is 0 Å². The summed E-state index contributed by atoms with van der Waals surface area (Å²) in [6, 6.07) is 0. The van der Waals surface area contributed by atoms with Gasteiger partial charge in [0.25, 0.3) is 0 Å². The van der Waals surface area contributed by atoms with Gasteiger partial charge in [-0.25, -0.2) is 5.84 Å². The van der Waals surface area contributed by atoms with Crippen LogP contribution in [0.5, 0.6) is 0 Å². The molecule has 0 unspecified atom stereocenters. The van der Waals surface area contributed by atoms with Crippen LogP contribution < -0.4 is 16.6 Å². The summed E-state index contributed by atoms with van der Waals surface area (Å²) in [6.45, 7) is 6.23. The molecule has 0 saturated carbocycles. The topological polar surface area (TPSA) is 74.9 Å². The van der Waals surface area contributed by atoms with E-state index in [4.69, 9.17) is 10.6 Å². The molecule has 0 bridgehead atoms. The normalized spacial score (nSPS) is 11.9. The number of unbranched alkanes of at least 4 members (excludes halogenated alkanes) is 1. The van der Waals surface area contributed by atoms with E-state index in [2.05, 4.69) is 34.7 Å². The van der Waals surface area contributed by atoms with E-state index in [1.54, 1.807) is 0 Å². The highest BCUT2D eigenvalue weighted by Gasteiger charge is 1.96. The first-order valence-corrected chi connectivity index (χ1v) is 6.68. The Hall–Kier alpha value is -0.850. The fourth-order valence-electron chi connectivity index (χ4n) is 1.41. The van der Waals surface area contributed by atoms with Crippen LogP contribution in [0.2, 0.25) is 0 Å². The van der Waals surface area contributed by atoms with Crippen LogP contribution in [-0.4, -0.2) is 57.8 Å². The van der Waals surface area contributed by atoms with Gasteiger partial charge < -0.3 is 15.0 Å². The Kier molecular flexibility index (Phi) is 12.0. The lowest BCUT2D eigenvalue weighted by Crippen LogP contribution is -2.42. The summed E-state index contributed by atoms with van der Waals surface area (Å²) in [6.07, 6.45) is 3.20. The quantitative estimate of drug-likeness (QED) is 0.171. The van der Waals surface area contributed by atoms with E-state index in [0.29, 0.717) is 5.96 Å². The fourth-order valence-corrected chi connectivity index (χ4v) is 1.41. The number of nitrogens with two attached hydrogens (primary N) is 1. The summed E-state index contributed by atoms with van der Waals surface area (Å²) in [4.78, 5) is 6.51. The summed E-state index contributed by atoms with van der Waals surface area (Å²) in [5.74, 6) is 6.06. The molecular weight excluding hydrogens is 230 g/mol. The maximum Gasteiger partial charge on any atom is 0.205 e. The second-order valence-electron chi connectivity index (χ2n) is 4.36. The summed E-state index contributed by atoms with van der Waals surface area (Å²) in [5, 5.41) is 3.19. The van der Waals surface area contributed by atoms with Gasteiger partial charge in [0.05, 0.1) is 0 Å². The molecule has 0 aliphatic rings. The van der Waals surface area contributed by atoms with E-state index in [9.17, 15) is 0 Å². The van der Waals surface area contributed by atoms with Crippen molar-refractivity contribution >= 4 is 5.96 Å². The highest BCUT2D eigenvalue weighted by molar-refractivity contribution is 5.79. The van der Waals surface area contributed by atoms with Crippen LogP contribution in [0.4, 0.5) is 0 Å². The number of hydrogen-bond acceptors (Lipinski definition) is 4. The molecule has 0 amide bonds. The van der Waals surface area contributed by atoms with Gasteiger partial charge in [-0.2, -0.15) is 0 Å². The lowest BCUT2D eigenvalue weighted by Gasteiger charge is -2.11. The maximum atomic E-state index is 5.39. The fraction of sp³-hybridized carbons (Fsp3) is 0.917. The van der Waals surface area contributed by atoms with Gasteiger partial charge in [0, 0.05) is 26.3 Å². The molecule has 18 heavy (non-hydrogen) atoms. The molecule has 108 valence electrons. The maximum absolute atomic E-state index is 5.39. The van der Waals surface area contributed by atoms with Crippen LogP contribution in [0.1, 0.15) is 26.2 Å². The van der Waals surface area contributed by atoms with Crippen LogP contribution >= 0.6 is 0 Å². The minimum atomic E-state index is 0.663. The minimum Gasteiger partial charge on any atom is -0.382 e. The van der Waals surface area contributed by atoms with Crippen molar-refractivity contribution in [1.82, 2.24) is 15.6 Å². The summed E-state index contributed by atoms with van der Waals surface area (Å²) in [7, 11) is 4.17. The van der Waals surface area contributed by atoms with Gasteiger partial charge in [0.15, 0.2) is 0 Å². The van der Waals surface area contributed by atoms with Gasteiger partial charge >= 0.3 is 0 Å². The van der Waals surface area contributed by atoms with Gasteiger partial charge in [-0.15, -0.1) is 0 Å². The van der Waals surface area contributed by atoms with E-state index in [0.717, 1.165) is 45.7 Å². The van der Waals surface area contributed by atoms with Crippen LogP contribution in [0.3, 0.4) is 0 Å².